The molecule has 5 saturated carbocycles. The minimum Gasteiger partial charge on any atom is -0.870 e. The second kappa shape index (κ2) is 28.7. The van der Waals surface area contributed by atoms with E-state index >= 15 is 0 Å². The average Bonchev–Trinajstić information content (AvgIpc) is 4.04. The van der Waals surface area contributed by atoms with Gasteiger partial charge in [-0.2, -0.15) is 12.6 Å². The summed E-state index contributed by atoms with van der Waals surface area (Å²) in [6, 6.07) is 0. The summed E-state index contributed by atoms with van der Waals surface area (Å²) in [4.78, 5) is 0. The van der Waals surface area contributed by atoms with Crippen LogP contribution in [0, 0.1) is 0 Å². The average molecular weight is 1300 g/mol. The molecule has 10 fully saturated rings. The number of rotatable bonds is 15. The van der Waals surface area contributed by atoms with Crippen LogP contribution in [-0.2, 0) is 71.1 Å². The zero-order valence-electron chi connectivity index (χ0n) is 47.1. The van der Waals surface area contributed by atoms with Crippen molar-refractivity contribution in [1.82, 2.24) is 0 Å². The van der Waals surface area contributed by atoms with Crippen molar-refractivity contribution in [3.63, 3.8) is 0 Å². The Morgan fingerprint density at radius 1 is 0.539 bits per heavy atom. The number of hydrogen-bond acceptors (Lipinski definition) is 20. The number of ether oxygens (including phenoxy) is 10. The normalized spacial score (nSPS) is 31.6. The van der Waals surface area contributed by atoms with Gasteiger partial charge in [-0.1, -0.05) is 21.6 Å². The monoisotopic (exact) mass is 1300 g/mol. The Bertz CT molecular complexity index is 2030. The molecular weight excluding hydrogens is 1220 g/mol. The van der Waals surface area contributed by atoms with Crippen LogP contribution in [0.15, 0.2) is 0 Å². The molecule has 5 aliphatic carbocycles. The molecule has 1 N–H and O–H groups in total. The van der Waals surface area contributed by atoms with Crippen molar-refractivity contribution >= 4 is 103 Å². The fraction of sp³-hybridized carbons (Fsp3) is 1.00. The van der Waals surface area contributed by atoms with Gasteiger partial charge in [0, 0.05) is 24.9 Å². The molecule has 0 aromatic rings. The molecule has 0 radical (unpaired) electrons. The predicted molar refractivity (Wildman–Crippen MR) is 290 cm³/mol. The van der Waals surface area contributed by atoms with Gasteiger partial charge in [0.25, 0.3) is 0 Å². The molecule has 10 rings (SSSR count). The van der Waals surface area contributed by atoms with Crippen LogP contribution in [0.1, 0.15) is 167 Å². The summed E-state index contributed by atoms with van der Waals surface area (Å²) in [6.07, 6.45) is 14.3. The molecule has 5 heterocycles. The third-order valence-electron chi connectivity index (χ3n) is 13.8. The van der Waals surface area contributed by atoms with E-state index in [1.165, 1.54) is 38.5 Å². The van der Waals surface area contributed by atoms with Crippen LogP contribution in [0.5, 0.6) is 0 Å². The van der Waals surface area contributed by atoms with Gasteiger partial charge in [0.1, 0.15) is 10.1 Å². The summed E-state index contributed by atoms with van der Waals surface area (Å²) in [7, 11) is 0.960. The molecule has 0 unspecified atom stereocenters. The van der Waals surface area contributed by atoms with Crippen molar-refractivity contribution in [2.75, 3.05) is 40.2 Å². The Balaban J connectivity index is 0.000000340. The van der Waals surface area contributed by atoms with E-state index in [0.29, 0.717) is 54.8 Å². The fourth-order valence-corrected chi connectivity index (χ4v) is 16.0. The first kappa shape index (κ1) is 74.0. The van der Waals surface area contributed by atoms with Crippen LogP contribution in [0.25, 0.3) is 0 Å². The topological polar surface area (TPSA) is 231 Å². The van der Waals surface area contributed by atoms with Crippen molar-refractivity contribution in [1.29, 1.82) is 0 Å². The summed E-state index contributed by atoms with van der Waals surface area (Å²) < 4.78 is 136. The maximum atomic E-state index is 11.3. The van der Waals surface area contributed by atoms with Crippen LogP contribution >= 0.6 is 83.8 Å². The summed E-state index contributed by atoms with van der Waals surface area (Å²) in [5, 5.41) is -3.22. The smallest absolute Gasteiger partial charge is 0.870 e. The molecule has 0 spiro atoms. The second-order valence-electron chi connectivity index (χ2n) is 23.2. The van der Waals surface area contributed by atoms with E-state index in [9.17, 15) is 30.3 Å². The van der Waals surface area contributed by atoms with Crippen LogP contribution in [-0.4, -0.2) is 150 Å². The van der Waals surface area contributed by atoms with Gasteiger partial charge >= 0.3 is 64.3 Å². The van der Waals surface area contributed by atoms with Crippen LogP contribution < -0.4 is 59.1 Å². The standard InChI is InChI=1S/C18H30O4S2.C9H15ClO4S.C9H16O5S.C9H16O2S.CH3F.Cl3OP.2Na.H2O/c1-15(2)19-11-13(21-15)9-17(5-6-17)23-24-18(7-8-18)10-14-12-20-16(3,4)22-14;2*1-8(2)13-6-7(14-8)5-9(3-4-9)15(10,11)12;1-8(2)10-6-7(11-8)5-9(12)3-4-9;1-2;1-5(2,3)4;;;/h13-14H,5-12H2,1-4H3;7H,3-6H2,1-2H3;7H,3-6H2,1-2H3,(H,10,11,12);7,12H,3-6H2,1-2H3;1H3;;;;1H2/q;;;;;;2*+1;/p-2/t13-,14-;3*7-;;;;;/m0000...../s1/i;;;;1D;;;;. The third-order valence-corrected chi connectivity index (χ3v) is 23.0. The van der Waals surface area contributed by atoms with Gasteiger partial charge in [-0.15, -0.1) is 0 Å². The van der Waals surface area contributed by atoms with Crippen molar-refractivity contribution < 1.29 is 144 Å². The van der Waals surface area contributed by atoms with Crippen LogP contribution in [0.4, 0.5) is 4.39 Å². The molecule has 0 bridgehead atoms. The van der Waals surface area contributed by atoms with Crippen LogP contribution in [0.2, 0.25) is 0 Å². The molecule has 30 heteroatoms. The van der Waals surface area contributed by atoms with E-state index in [2.05, 4.69) is 67.9 Å². The number of hydrogen-bond donors (Lipinski definition) is 1. The minimum atomic E-state index is -4.20. The van der Waals surface area contributed by atoms with E-state index in [0.717, 1.165) is 39.1 Å². The van der Waals surface area contributed by atoms with Gasteiger partial charge in [0.15, 0.2) is 28.9 Å². The van der Waals surface area contributed by atoms with Gasteiger partial charge < -0.3 is 57.4 Å². The number of alkyl halides is 1. The van der Waals surface area contributed by atoms with Gasteiger partial charge in [0.05, 0.1) is 81.6 Å². The van der Waals surface area contributed by atoms with Gasteiger partial charge in [0.2, 0.25) is 9.05 Å². The van der Waals surface area contributed by atoms with Gasteiger partial charge in [-0.25, -0.2) is 16.8 Å². The Labute approximate surface area is 530 Å². The molecule has 5 atom stereocenters. The molecule has 17 nitrogen and oxygen atoms in total. The second-order valence-corrected chi connectivity index (χ2v) is 38.6. The van der Waals surface area contributed by atoms with Crippen molar-refractivity contribution in [2.24, 2.45) is 0 Å². The quantitative estimate of drug-likeness (QED) is 0.0497. The Kier molecular flexibility index (Phi) is 28.0. The zero-order chi connectivity index (χ0) is 55.7. The first-order valence-electron chi connectivity index (χ1n) is 25.4. The predicted octanol–water partition coefficient (Wildman–Crippen LogP) is 5.97. The third kappa shape index (κ3) is 25.6. The number of halogens is 5. The van der Waals surface area contributed by atoms with E-state index in [4.69, 9.17) is 59.4 Å². The SMILES string of the molecule is CC1(C)OC[C@H](CC2(S(=O)(=O)Cl)CC2)O1.CC1(C)OC[C@H](CC2(S(=O)(=O)[O-])CC2)O1.CC1(C)OC[C@H](CC2(S)CC2)O1.CC1(C)OC[C@H](CC2(SSC3(C[C@H]4COC(C)(C)O4)CC3)CC2)O1.O=P(Cl)(Cl)Cl.[2H]CF.[Na+].[Na+].[OH-]. The largest absolute Gasteiger partial charge is 1.00 e. The van der Waals surface area contributed by atoms with E-state index in [1.807, 2.05) is 55.4 Å². The molecule has 5 saturated heterocycles. The van der Waals surface area contributed by atoms with E-state index in [-0.39, 0.29) is 112 Å². The number of thiol groups is 1. The molecule has 10 aliphatic rings. The minimum absolute atomic E-state index is 0. The Hall–Kier alpha value is 3.79. The maximum absolute atomic E-state index is 11.3. The molecule has 0 aromatic heterocycles. The first-order valence-corrected chi connectivity index (χ1v) is 35.4. The zero-order valence-corrected chi connectivity index (χ0v) is 58.2. The van der Waals surface area contributed by atoms with Crippen molar-refractivity contribution in [3.05, 3.63) is 0 Å². The van der Waals surface area contributed by atoms with Gasteiger partial charge in [-0.05, 0) is 199 Å². The molecule has 0 amide bonds. The van der Waals surface area contributed by atoms with Crippen LogP contribution in [0.3, 0.4) is 0 Å². The maximum Gasteiger partial charge on any atom is 1.00 e. The summed E-state index contributed by atoms with van der Waals surface area (Å²) in [6.45, 7) is 22.2. The Morgan fingerprint density at radius 2 is 0.776 bits per heavy atom. The van der Waals surface area contributed by atoms with E-state index in [1.54, 1.807) is 13.8 Å². The fourth-order valence-electron chi connectivity index (χ4n) is 9.23. The van der Waals surface area contributed by atoms with E-state index < -0.39 is 64.2 Å². The molecule has 76 heavy (non-hydrogen) atoms. The first-order chi connectivity index (χ1) is 33.6. The molecule has 5 aliphatic heterocycles. The van der Waals surface area contributed by atoms with Crippen molar-refractivity contribution in [3.8, 4) is 0 Å². The summed E-state index contributed by atoms with van der Waals surface area (Å²) >= 11 is 18.4. The molecular formula is C46H80Cl4FNa2O17PS5. The summed E-state index contributed by atoms with van der Waals surface area (Å²) in [5.41, 5.74) is 0. The molecule has 0 aromatic carbocycles. The van der Waals surface area contributed by atoms with Crippen molar-refractivity contribution in [2.45, 2.75) is 249 Å². The summed E-state index contributed by atoms with van der Waals surface area (Å²) in [5.74, 6) is -2.43. The Morgan fingerprint density at radius 3 is 0.961 bits per heavy atom. The van der Waals surface area contributed by atoms with Gasteiger partial charge in [-0.3, -0.25) is 8.96 Å². The molecule has 438 valence electrons.